The summed E-state index contributed by atoms with van der Waals surface area (Å²) in [5, 5.41) is 7.42. The monoisotopic (exact) mass is 236 g/mol. The normalized spacial score (nSPS) is 11.1. The lowest BCUT2D eigenvalue weighted by atomic mass is 10.1. The molecule has 0 fully saturated rings. The van der Waals surface area contributed by atoms with Crippen molar-refractivity contribution in [2.75, 3.05) is 12.0 Å². The molecule has 2 aromatic rings. The molecular weight excluding hydrogens is 220 g/mol. The highest BCUT2D eigenvalue weighted by atomic mass is 16.5. The third-order valence-corrected chi connectivity index (χ3v) is 2.34. The molecule has 0 aliphatic carbocycles. The fourth-order valence-corrected chi connectivity index (χ4v) is 1.37. The fraction of sp³-hybridized carbons (Fsp3) is 0.500. The number of rotatable bonds is 5. The SMILES string of the molecule is CC(C)CCOc1nc(NN)nc2[nH]ncc12. The minimum absolute atomic E-state index is 0.307. The Balaban J connectivity index is 2.21. The Morgan fingerprint density at radius 1 is 1.47 bits per heavy atom. The van der Waals surface area contributed by atoms with Gasteiger partial charge in [0.15, 0.2) is 5.65 Å². The van der Waals surface area contributed by atoms with Gasteiger partial charge in [0.2, 0.25) is 11.8 Å². The maximum absolute atomic E-state index is 5.62. The lowest BCUT2D eigenvalue weighted by Crippen LogP contribution is -2.12. The molecule has 7 heteroatoms. The second-order valence-corrected chi connectivity index (χ2v) is 4.16. The van der Waals surface area contributed by atoms with Gasteiger partial charge in [0.05, 0.1) is 12.8 Å². The number of fused-ring (bicyclic) bond motifs is 1. The van der Waals surface area contributed by atoms with Gasteiger partial charge in [-0.25, -0.2) is 5.84 Å². The summed E-state index contributed by atoms with van der Waals surface area (Å²) in [6.07, 6.45) is 2.61. The van der Waals surface area contributed by atoms with Gasteiger partial charge < -0.3 is 4.74 Å². The van der Waals surface area contributed by atoms with Crippen LogP contribution in [0, 0.1) is 5.92 Å². The summed E-state index contributed by atoms with van der Waals surface area (Å²) in [5.41, 5.74) is 3.00. The van der Waals surface area contributed by atoms with Gasteiger partial charge >= 0.3 is 0 Å². The number of anilines is 1. The summed E-state index contributed by atoms with van der Waals surface area (Å²) < 4.78 is 5.62. The van der Waals surface area contributed by atoms with E-state index in [0.717, 1.165) is 11.8 Å². The van der Waals surface area contributed by atoms with Crippen LogP contribution in [-0.2, 0) is 0 Å². The van der Waals surface area contributed by atoms with Crippen molar-refractivity contribution in [3.63, 3.8) is 0 Å². The Bertz CT molecular complexity index is 495. The van der Waals surface area contributed by atoms with E-state index < -0.39 is 0 Å². The zero-order valence-electron chi connectivity index (χ0n) is 9.90. The van der Waals surface area contributed by atoms with Gasteiger partial charge in [-0.15, -0.1) is 0 Å². The summed E-state index contributed by atoms with van der Waals surface area (Å²) >= 11 is 0. The molecular formula is C10H16N6O. The first-order valence-electron chi connectivity index (χ1n) is 5.51. The van der Waals surface area contributed by atoms with Crippen LogP contribution in [0.3, 0.4) is 0 Å². The number of nitrogens with zero attached hydrogens (tertiary/aromatic N) is 3. The first kappa shape index (κ1) is 11.6. The summed E-state index contributed by atoms with van der Waals surface area (Å²) in [5.74, 6) is 6.68. The number of nitrogens with one attached hydrogen (secondary N) is 2. The standard InChI is InChI=1S/C10H16N6O/c1-6(2)3-4-17-9-7-5-12-16-8(7)13-10(14-9)15-11/h5-6H,3-4,11H2,1-2H3,(H2,12,13,14,15,16). The van der Waals surface area contributed by atoms with Crippen molar-refractivity contribution < 1.29 is 4.74 Å². The second-order valence-electron chi connectivity index (χ2n) is 4.16. The topological polar surface area (TPSA) is 102 Å². The number of ether oxygens (including phenoxy) is 1. The maximum atomic E-state index is 5.62. The fourth-order valence-electron chi connectivity index (χ4n) is 1.37. The van der Waals surface area contributed by atoms with Crippen LogP contribution in [0.2, 0.25) is 0 Å². The molecule has 7 nitrogen and oxygen atoms in total. The predicted octanol–water partition coefficient (Wildman–Crippen LogP) is 1.06. The number of aromatic amines is 1. The van der Waals surface area contributed by atoms with E-state index in [-0.39, 0.29) is 0 Å². The van der Waals surface area contributed by atoms with Crippen LogP contribution in [0.25, 0.3) is 11.0 Å². The van der Waals surface area contributed by atoms with Crippen molar-refractivity contribution in [3.05, 3.63) is 6.20 Å². The van der Waals surface area contributed by atoms with Crippen LogP contribution in [-0.4, -0.2) is 26.8 Å². The van der Waals surface area contributed by atoms with Gasteiger partial charge in [0.1, 0.15) is 5.39 Å². The number of nitrogen functional groups attached to an aromatic ring is 1. The van der Waals surface area contributed by atoms with Gasteiger partial charge in [-0.3, -0.25) is 10.5 Å². The van der Waals surface area contributed by atoms with Gasteiger partial charge in [-0.2, -0.15) is 15.1 Å². The molecule has 0 saturated carbocycles. The molecule has 0 saturated heterocycles. The minimum Gasteiger partial charge on any atom is -0.477 e. The molecule has 0 aromatic carbocycles. The van der Waals surface area contributed by atoms with Crippen LogP contribution >= 0.6 is 0 Å². The predicted molar refractivity (Wildman–Crippen MR) is 64.4 cm³/mol. The largest absolute Gasteiger partial charge is 0.477 e. The molecule has 0 amide bonds. The van der Waals surface area contributed by atoms with Crippen molar-refractivity contribution in [3.8, 4) is 5.88 Å². The van der Waals surface area contributed by atoms with Crippen molar-refractivity contribution in [2.24, 2.45) is 11.8 Å². The summed E-state index contributed by atoms with van der Waals surface area (Å²) in [6.45, 7) is 4.90. The smallest absolute Gasteiger partial charge is 0.242 e. The minimum atomic E-state index is 0.307. The first-order valence-corrected chi connectivity index (χ1v) is 5.51. The first-order chi connectivity index (χ1) is 8.20. The zero-order chi connectivity index (χ0) is 12.3. The molecule has 0 unspecified atom stereocenters. The average Bonchev–Trinajstić information content (AvgIpc) is 2.76. The van der Waals surface area contributed by atoms with E-state index in [1.54, 1.807) is 6.20 Å². The molecule has 2 rings (SSSR count). The van der Waals surface area contributed by atoms with Gasteiger partial charge in [-0.1, -0.05) is 13.8 Å². The summed E-state index contributed by atoms with van der Waals surface area (Å²) in [7, 11) is 0. The number of H-pyrrole nitrogens is 1. The van der Waals surface area contributed by atoms with Crippen molar-refractivity contribution in [2.45, 2.75) is 20.3 Å². The van der Waals surface area contributed by atoms with E-state index in [9.17, 15) is 0 Å². The number of hydrogen-bond donors (Lipinski definition) is 3. The quantitative estimate of drug-likeness (QED) is 0.530. The highest BCUT2D eigenvalue weighted by Crippen LogP contribution is 2.22. The van der Waals surface area contributed by atoms with Crippen molar-refractivity contribution in [1.82, 2.24) is 20.2 Å². The van der Waals surface area contributed by atoms with E-state index in [0.29, 0.717) is 30.0 Å². The Hall–Kier alpha value is -1.89. The molecule has 0 radical (unpaired) electrons. The molecule has 2 aromatic heterocycles. The van der Waals surface area contributed by atoms with E-state index in [4.69, 9.17) is 10.6 Å². The Morgan fingerprint density at radius 2 is 2.29 bits per heavy atom. The van der Waals surface area contributed by atoms with Gasteiger partial charge in [-0.05, 0) is 12.3 Å². The van der Waals surface area contributed by atoms with E-state index in [1.165, 1.54) is 0 Å². The highest BCUT2D eigenvalue weighted by Gasteiger charge is 2.10. The lowest BCUT2D eigenvalue weighted by molar-refractivity contribution is 0.283. The number of aromatic nitrogens is 4. The highest BCUT2D eigenvalue weighted by molar-refractivity contribution is 5.80. The van der Waals surface area contributed by atoms with Gasteiger partial charge in [0.25, 0.3) is 0 Å². The zero-order valence-corrected chi connectivity index (χ0v) is 9.90. The third kappa shape index (κ3) is 2.62. The van der Waals surface area contributed by atoms with Crippen LogP contribution in [0.15, 0.2) is 6.20 Å². The molecule has 0 aliphatic heterocycles. The van der Waals surface area contributed by atoms with Crippen molar-refractivity contribution >= 4 is 17.0 Å². The second kappa shape index (κ2) is 4.96. The molecule has 17 heavy (non-hydrogen) atoms. The van der Waals surface area contributed by atoms with Crippen LogP contribution in [0.1, 0.15) is 20.3 Å². The number of hydrogen-bond acceptors (Lipinski definition) is 6. The summed E-state index contributed by atoms with van der Waals surface area (Å²) in [6, 6.07) is 0. The van der Waals surface area contributed by atoms with Crippen LogP contribution < -0.4 is 16.0 Å². The van der Waals surface area contributed by atoms with Gasteiger partial charge in [0, 0.05) is 0 Å². The molecule has 2 heterocycles. The van der Waals surface area contributed by atoms with Crippen LogP contribution in [0.5, 0.6) is 5.88 Å². The Labute approximate surface area is 98.7 Å². The Morgan fingerprint density at radius 3 is 3.00 bits per heavy atom. The van der Waals surface area contributed by atoms with E-state index in [1.807, 2.05) is 0 Å². The maximum Gasteiger partial charge on any atom is 0.242 e. The lowest BCUT2D eigenvalue weighted by Gasteiger charge is -2.08. The summed E-state index contributed by atoms with van der Waals surface area (Å²) in [4.78, 5) is 8.27. The number of nitrogens with two attached hydrogens (primary N) is 1. The molecule has 0 atom stereocenters. The molecule has 92 valence electrons. The molecule has 0 bridgehead atoms. The van der Waals surface area contributed by atoms with Crippen LogP contribution in [0.4, 0.5) is 5.95 Å². The average molecular weight is 236 g/mol. The third-order valence-electron chi connectivity index (χ3n) is 2.34. The van der Waals surface area contributed by atoms with Crippen molar-refractivity contribution in [1.29, 1.82) is 0 Å². The molecule has 4 N–H and O–H groups in total. The van der Waals surface area contributed by atoms with E-state index in [2.05, 4.69) is 39.4 Å². The Kier molecular flexibility index (Phi) is 3.38. The van der Waals surface area contributed by atoms with E-state index >= 15 is 0 Å². The molecule has 0 aliphatic rings. The molecule has 0 spiro atoms. The number of hydrazine groups is 1.